The number of aryl methyl sites for hydroxylation is 1. The molecule has 1 saturated heterocycles. The minimum Gasteiger partial charge on any atom is -0.461 e. The Hall–Kier alpha value is -7.28. The number of carbonyl (C=O) groups excluding carboxylic acids is 5. The van der Waals surface area contributed by atoms with Crippen LogP contribution in [0.1, 0.15) is 83.0 Å². The molecular weight excluding hydrogens is 852 g/mol. The van der Waals surface area contributed by atoms with Gasteiger partial charge in [0, 0.05) is 23.9 Å². The van der Waals surface area contributed by atoms with Gasteiger partial charge in [-0.1, -0.05) is 114 Å². The van der Waals surface area contributed by atoms with Crippen molar-refractivity contribution < 1.29 is 62.6 Å². The summed E-state index contributed by atoms with van der Waals surface area (Å²) in [6.07, 6.45) is -10.5. The molecule has 1 fully saturated rings. The van der Waals surface area contributed by atoms with Gasteiger partial charge in [-0.15, -0.1) is 0 Å². The van der Waals surface area contributed by atoms with E-state index in [4.69, 9.17) is 50.2 Å². The topological polar surface area (TPSA) is 150 Å². The van der Waals surface area contributed by atoms with E-state index in [0.717, 1.165) is 11.1 Å². The van der Waals surface area contributed by atoms with Crippen LogP contribution in [-0.4, -0.2) is 66.7 Å². The Bertz CT molecular complexity index is 2880. The smallest absolute Gasteiger partial charge is 0.338 e. The third-order valence-electron chi connectivity index (χ3n) is 10.1. The summed E-state index contributed by atoms with van der Waals surface area (Å²) < 4.78 is 77.1. The van der Waals surface area contributed by atoms with Crippen molar-refractivity contribution in [1.29, 1.82) is 0 Å². The summed E-state index contributed by atoms with van der Waals surface area (Å²) in [5, 5.41) is 0.173. The molecule has 65 heavy (non-hydrogen) atoms. The minimum absolute atomic E-state index is 0.0175. The molecular formula is C52H45ClO12. The fourth-order valence-electron chi connectivity index (χ4n) is 6.89. The average molecular weight is 901 g/mol. The van der Waals surface area contributed by atoms with E-state index < -0.39 is 66.7 Å². The zero-order chi connectivity index (χ0) is 49.4. The van der Waals surface area contributed by atoms with Gasteiger partial charge in [-0.3, -0.25) is 4.79 Å². The van der Waals surface area contributed by atoms with Crippen molar-refractivity contribution in [3.05, 3.63) is 207 Å². The molecule has 0 spiro atoms. The Labute approximate surface area is 386 Å². The maximum Gasteiger partial charge on any atom is 0.338 e. The highest BCUT2D eigenvalue weighted by Crippen LogP contribution is 2.38. The van der Waals surface area contributed by atoms with Crippen molar-refractivity contribution >= 4 is 41.4 Å². The summed E-state index contributed by atoms with van der Waals surface area (Å²) in [5.41, 5.74) is 1.75. The first-order valence-electron chi connectivity index (χ1n) is 22.5. The molecule has 7 rings (SSSR count). The Morgan fingerprint density at radius 1 is 0.631 bits per heavy atom. The highest BCUT2D eigenvalue weighted by Gasteiger charge is 2.56. The lowest BCUT2D eigenvalue weighted by Gasteiger charge is -2.45. The first kappa shape index (κ1) is 40.5. The van der Waals surface area contributed by atoms with E-state index in [1.807, 2.05) is 31.2 Å². The van der Waals surface area contributed by atoms with Crippen LogP contribution in [0, 0.1) is 6.92 Å². The molecule has 0 unspecified atom stereocenters. The van der Waals surface area contributed by atoms with Gasteiger partial charge in [0.05, 0.1) is 27.7 Å². The van der Waals surface area contributed by atoms with Gasteiger partial charge in [-0.2, -0.15) is 0 Å². The molecule has 6 atom stereocenters. The molecule has 0 aromatic heterocycles. The number of carbonyl (C=O) groups is 5. The molecule has 332 valence electrons. The highest BCUT2D eigenvalue weighted by molar-refractivity contribution is 6.31. The number of esters is 5. The number of benzene rings is 6. The van der Waals surface area contributed by atoms with E-state index in [-0.39, 0.29) is 70.2 Å². The summed E-state index contributed by atoms with van der Waals surface area (Å²) in [6, 6.07) is 32.8. The summed E-state index contributed by atoms with van der Waals surface area (Å²) in [6.45, 7) is 4.32. The zero-order valence-electron chi connectivity index (χ0n) is 39.4. The fourth-order valence-corrected chi connectivity index (χ4v) is 7.19. The van der Waals surface area contributed by atoms with Gasteiger partial charge >= 0.3 is 29.8 Å². The Morgan fingerprint density at radius 2 is 1.12 bits per heavy atom. The van der Waals surface area contributed by atoms with Crippen LogP contribution in [-0.2, 0) is 46.2 Å². The van der Waals surface area contributed by atoms with Gasteiger partial charge in [0.2, 0.25) is 12.4 Å². The lowest BCUT2D eigenvalue weighted by Crippen LogP contribution is -2.65. The second-order valence-corrected chi connectivity index (χ2v) is 15.3. The molecule has 12 nitrogen and oxygen atoms in total. The van der Waals surface area contributed by atoms with Gasteiger partial charge < -0.3 is 33.2 Å². The lowest BCUT2D eigenvalue weighted by molar-refractivity contribution is -0.284. The van der Waals surface area contributed by atoms with Crippen LogP contribution in [0.5, 0.6) is 5.75 Å². The van der Waals surface area contributed by atoms with Crippen molar-refractivity contribution in [2.75, 3.05) is 0 Å². The minimum atomic E-state index is -1.94. The molecule has 0 radical (unpaired) electrons. The van der Waals surface area contributed by atoms with Gasteiger partial charge in [0.1, 0.15) is 24.6 Å². The molecule has 1 aliphatic rings. The molecule has 6 aromatic carbocycles. The molecule has 13 heteroatoms. The summed E-state index contributed by atoms with van der Waals surface area (Å²) in [5.74, 6) is -4.89. The van der Waals surface area contributed by atoms with Crippen molar-refractivity contribution in [3.8, 4) is 5.75 Å². The number of hydrogen-bond donors (Lipinski definition) is 0. The lowest BCUT2D eigenvalue weighted by atomic mass is 9.94. The number of hydrogen-bond acceptors (Lipinski definition) is 12. The predicted molar refractivity (Wildman–Crippen MR) is 238 cm³/mol. The summed E-state index contributed by atoms with van der Waals surface area (Å²) in [7, 11) is 0. The van der Waals surface area contributed by atoms with E-state index in [0.29, 0.717) is 11.1 Å². The van der Waals surface area contributed by atoms with Crippen molar-refractivity contribution in [1.82, 2.24) is 0 Å². The number of halogens is 1. The first-order valence-corrected chi connectivity index (χ1v) is 20.8. The van der Waals surface area contributed by atoms with Gasteiger partial charge in [0.15, 0.2) is 12.2 Å². The Morgan fingerprint density at radius 3 is 1.63 bits per heavy atom. The maximum absolute atomic E-state index is 14.4. The molecule has 1 aliphatic heterocycles. The van der Waals surface area contributed by atoms with Crippen LogP contribution in [0.25, 0.3) is 0 Å². The van der Waals surface area contributed by atoms with Gasteiger partial charge in [-0.05, 0) is 85.5 Å². The fraction of sp³-hybridized carbons (Fsp3) is 0.212. The summed E-state index contributed by atoms with van der Waals surface area (Å²) in [4.78, 5) is 68.6. The number of rotatable bonds is 15. The van der Waals surface area contributed by atoms with Crippen molar-refractivity contribution in [3.63, 3.8) is 0 Å². The largest absolute Gasteiger partial charge is 0.461 e. The second kappa shape index (κ2) is 21.4. The number of ether oxygens (including phenoxy) is 7. The van der Waals surface area contributed by atoms with Crippen LogP contribution in [0.2, 0.25) is 5.02 Å². The SMILES string of the molecule is [2H]c1ccccc1C(=O)O[C@H]1[C@H](OC(=O)c2ccccc2[2H])[C@@H]([C@@H](C)OC(=O)c2ccccc2[2H])O[C@@H](Oc2cc(COC(C)=O)cc(Cl)c2Cc2ccc(C)cc2)[C@@H]1OC(=O)c1ccccc1[2H]. The standard InChI is InChI=1S/C52H45ClO12/c1-32-24-26-35(27-25-32)28-41-42(53)29-36(31-59-34(3)54)30-43(41)61-52-47(64-51(58)40-22-14-7-15-23-40)46(63-50(57)39-20-12-6-13-21-39)45(62-49(56)38-18-10-5-11-19-38)44(65-52)33(2)60-48(55)37-16-8-4-9-17-37/h4-27,29-30,33,44-47,52H,28,31H2,1-3H3/t33-,44-,45-,46+,47-,52-/m1/s1/i16D,18D,20D,22D. The molecule has 1 heterocycles. The highest BCUT2D eigenvalue weighted by atomic mass is 35.5. The van der Waals surface area contributed by atoms with Crippen molar-refractivity contribution in [2.24, 2.45) is 0 Å². The predicted octanol–water partition coefficient (Wildman–Crippen LogP) is 9.33. The maximum atomic E-state index is 14.4. The monoisotopic (exact) mass is 900 g/mol. The molecule has 0 saturated carbocycles. The second-order valence-electron chi connectivity index (χ2n) is 14.9. The van der Waals surface area contributed by atoms with Crippen LogP contribution < -0.4 is 4.74 Å². The zero-order valence-corrected chi connectivity index (χ0v) is 36.1. The van der Waals surface area contributed by atoms with Crippen LogP contribution in [0.3, 0.4) is 0 Å². The normalized spacial score (nSPS) is 19.2. The first-order chi connectivity index (χ1) is 33.1. The third-order valence-corrected chi connectivity index (χ3v) is 10.5. The molecule has 0 bridgehead atoms. The summed E-state index contributed by atoms with van der Waals surface area (Å²) >= 11 is 7.01. The van der Waals surface area contributed by atoms with Crippen LogP contribution >= 0.6 is 11.6 Å². The van der Waals surface area contributed by atoms with Crippen LogP contribution in [0.4, 0.5) is 0 Å². The molecule has 0 aliphatic carbocycles. The third kappa shape index (κ3) is 11.8. The van der Waals surface area contributed by atoms with Crippen molar-refractivity contribution in [2.45, 2.75) is 70.6 Å². The molecule has 0 N–H and O–H groups in total. The van der Waals surface area contributed by atoms with E-state index in [1.54, 1.807) is 12.1 Å². The van der Waals surface area contributed by atoms with Gasteiger partial charge in [-0.25, -0.2) is 19.2 Å². The van der Waals surface area contributed by atoms with E-state index in [9.17, 15) is 24.0 Å². The quantitative estimate of drug-likeness (QED) is 0.0714. The Balaban J connectivity index is 1.42. The Kier molecular flexibility index (Phi) is 13.3. The van der Waals surface area contributed by atoms with Gasteiger partial charge in [0.25, 0.3) is 0 Å². The van der Waals surface area contributed by atoms with E-state index in [2.05, 4.69) is 0 Å². The van der Waals surface area contributed by atoms with E-state index >= 15 is 0 Å². The van der Waals surface area contributed by atoms with Crippen LogP contribution in [0.15, 0.2) is 158 Å². The average Bonchev–Trinajstić information content (AvgIpc) is 3.32. The molecule has 0 amide bonds. The molecule has 6 aromatic rings. The van der Waals surface area contributed by atoms with E-state index in [1.165, 1.54) is 111 Å².